The van der Waals surface area contributed by atoms with Crippen molar-refractivity contribution in [2.45, 2.75) is 0 Å². The summed E-state index contributed by atoms with van der Waals surface area (Å²) in [5.41, 5.74) is 2.72. The average molecular weight is 288 g/mol. The fraction of sp³-hybridized carbons (Fsp3) is 0.417. The lowest BCUT2D eigenvalue weighted by atomic mass is 10.3. The van der Waals surface area contributed by atoms with Gasteiger partial charge in [0.1, 0.15) is 11.6 Å². The Morgan fingerprint density at radius 1 is 1.47 bits per heavy atom. The largest absolute Gasteiger partial charge is 0.484 e. The Kier molecular flexibility index (Phi) is 4.95. The van der Waals surface area contributed by atoms with E-state index < -0.39 is 5.82 Å². The summed E-state index contributed by atoms with van der Waals surface area (Å²) in [5, 5.41) is 5.03. The molecule has 0 saturated carbocycles. The first-order chi connectivity index (χ1) is 9.15. The van der Waals surface area contributed by atoms with Gasteiger partial charge in [0.25, 0.3) is 5.91 Å². The minimum Gasteiger partial charge on any atom is -0.484 e. The molecule has 2 rings (SSSR count). The third kappa shape index (κ3) is 4.34. The van der Waals surface area contributed by atoms with Crippen molar-refractivity contribution in [3.8, 4) is 5.75 Å². The van der Waals surface area contributed by atoms with Crippen LogP contribution < -0.4 is 15.5 Å². The first-order valence-electron chi connectivity index (χ1n) is 5.98. The first kappa shape index (κ1) is 14.0. The van der Waals surface area contributed by atoms with E-state index in [1.54, 1.807) is 0 Å². The number of ether oxygens (including phenoxy) is 1. The summed E-state index contributed by atoms with van der Waals surface area (Å²) >= 11 is 5.55. The molecule has 2 N–H and O–H groups in total. The summed E-state index contributed by atoms with van der Waals surface area (Å²) in [4.78, 5) is 11.6. The lowest BCUT2D eigenvalue weighted by Gasteiger charge is -2.27. The third-order valence-electron chi connectivity index (χ3n) is 2.66. The summed E-state index contributed by atoms with van der Waals surface area (Å²) in [6.45, 7) is 3.01. The minimum absolute atomic E-state index is 0.0256. The van der Waals surface area contributed by atoms with Crippen LogP contribution in [-0.2, 0) is 4.79 Å². The number of carbonyl (C=O) groups is 1. The molecule has 1 saturated heterocycles. The predicted molar refractivity (Wildman–Crippen MR) is 69.5 cm³/mol. The van der Waals surface area contributed by atoms with Crippen LogP contribution in [0.15, 0.2) is 18.2 Å². The van der Waals surface area contributed by atoms with Crippen molar-refractivity contribution in [2.24, 2.45) is 0 Å². The molecule has 0 unspecified atom stereocenters. The molecule has 1 aromatic carbocycles. The summed E-state index contributed by atoms with van der Waals surface area (Å²) < 4.78 is 18.3. The monoisotopic (exact) mass is 287 g/mol. The highest BCUT2D eigenvalue weighted by Crippen LogP contribution is 2.20. The van der Waals surface area contributed by atoms with E-state index >= 15 is 0 Å². The predicted octanol–water partition coefficient (Wildman–Crippen LogP) is 0.794. The highest BCUT2D eigenvalue weighted by atomic mass is 35.5. The van der Waals surface area contributed by atoms with Crippen LogP contribution in [0.3, 0.4) is 0 Å². The number of hydrazine groups is 1. The van der Waals surface area contributed by atoms with Gasteiger partial charge in [0.05, 0.1) is 5.02 Å². The van der Waals surface area contributed by atoms with Crippen molar-refractivity contribution in [1.29, 1.82) is 0 Å². The Morgan fingerprint density at radius 2 is 2.21 bits per heavy atom. The number of piperazine rings is 1. The zero-order valence-electron chi connectivity index (χ0n) is 10.3. The van der Waals surface area contributed by atoms with Crippen LogP contribution in [-0.4, -0.2) is 43.7 Å². The van der Waals surface area contributed by atoms with E-state index in [-0.39, 0.29) is 23.3 Å². The Balaban J connectivity index is 1.77. The van der Waals surface area contributed by atoms with Crippen LogP contribution in [0.1, 0.15) is 0 Å². The van der Waals surface area contributed by atoms with Crippen LogP contribution in [0, 0.1) is 5.82 Å². The molecule has 1 fully saturated rings. The number of nitrogens with one attached hydrogen (secondary N) is 2. The van der Waals surface area contributed by atoms with Crippen molar-refractivity contribution < 1.29 is 13.9 Å². The highest BCUT2D eigenvalue weighted by molar-refractivity contribution is 6.30. The molecule has 0 aliphatic carbocycles. The van der Waals surface area contributed by atoms with Gasteiger partial charge in [-0.15, -0.1) is 0 Å². The number of rotatable bonds is 4. The van der Waals surface area contributed by atoms with E-state index in [1.807, 2.05) is 5.01 Å². The molecule has 1 aromatic rings. The van der Waals surface area contributed by atoms with Gasteiger partial charge >= 0.3 is 0 Å². The van der Waals surface area contributed by atoms with Gasteiger partial charge in [0.2, 0.25) is 0 Å². The maximum atomic E-state index is 13.1. The zero-order valence-corrected chi connectivity index (χ0v) is 11.0. The molecule has 1 amide bonds. The summed E-state index contributed by atoms with van der Waals surface area (Å²) in [6, 6.07) is 4.06. The van der Waals surface area contributed by atoms with E-state index in [0.717, 1.165) is 32.2 Å². The fourth-order valence-electron chi connectivity index (χ4n) is 1.70. The van der Waals surface area contributed by atoms with Crippen LogP contribution in [0.5, 0.6) is 5.75 Å². The first-order valence-corrected chi connectivity index (χ1v) is 6.36. The van der Waals surface area contributed by atoms with Gasteiger partial charge in [-0.25, -0.2) is 9.40 Å². The van der Waals surface area contributed by atoms with E-state index in [2.05, 4.69) is 10.7 Å². The number of hydrogen-bond donors (Lipinski definition) is 2. The fourth-order valence-corrected chi connectivity index (χ4v) is 1.82. The van der Waals surface area contributed by atoms with Crippen LogP contribution in [0.2, 0.25) is 5.02 Å². The van der Waals surface area contributed by atoms with Crippen LogP contribution in [0.4, 0.5) is 4.39 Å². The maximum Gasteiger partial charge on any atom is 0.272 e. The number of benzene rings is 1. The topological polar surface area (TPSA) is 53.6 Å². The van der Waals surface area contributed by atoms with Gasteiger partial charge in [-0.2, -0.15) is 0 Å². The van der Waals surface area contributed by atoms with Gasteiger partial charge in [-0.3, -0.25) is 10.2 Å². The van der Waals surface area contributed by atoms with Gasteiger partial charge in [-0.1, -0.05) is 11.6 Å². The van der Waals surface area contributed by atoms with E-state index in [1.165, 1.54) is 12.1 Å². The highest BCUT2D eigenvalue weighted by Gasteiger charge is 2.12. The normalized spacial score (nSPS) is 16.1. The molecule has 0 bridgehead atoms. The van der Waals surface area contributed by atoms with E-state index in [0.29, 0.717) is 0 Å². The molecule has 0 radical (unpaired) electrons. The maximum absolute atomic E-state index is 13.1. The van der Waals surface area contributed by atoms with E-state index in [9.17, 15) is 9.18 Å². The molecule has 1 aliphatic rings. The number of carbonyl (C=O) groups excluding carboxylic acids is 1. The second-order valence-electron chi connectivity index (χ2n) is 4.14. The molecule has 1 aliphatic heterocycles. The third-order valence-corrected chi connectivity index (χ3v) is 2.97. The van der Waals surface area contributed by atoms with Crippen molar-refractivity contribution in [2.75, 3.05) is 32.8 Å². The van der Waals surface area contributed by atoms with Gasteiger partial charge in [0, 0.05) is 32.2 Å². The molecule has 5 nitrogen and oxygen atoms in total. The van der Waals surface area contributed by atoms with Crippen LogP contribution >= 0.6 is 11.6 Å². The van der Waals surface area contributed by atoms with Crippen molar-refractivity contribution >= 4 is 17.5 Å². The molecule has 0 aromatic heterocycles. The quantitative estimate of drug-likeness (QED) is 0.860. The molecule has 19 heavy (non-hydrogen) atoms. The molecule has 0 atom stereocenters. The smallest absolute Gasteiger partial charge is 0.272 e. The number of halogens is 2. The van der Waals surface area contributed by atoms with Gasteiger partial charge < -0.3 is 10.1 Å². The average Bonchev–Trinajstić information content (AvgIpc) is 2.41. The van der Waals surface area contributed by atoms with Crippen molar-refractivity contribution in [3.05, 3.63) is 29.0 Å². The summed E-state index contributed by atoms with van der Waals surface area (Å²) in [6.07, 6.45) is 0. The molecular weight excluding hydrogens is 273 g/mol. The summed E-state index contributed by atoms with van der Waals surface area (Å²) in [5.74, 6) is -0.559. The van der Waals surface area contributed by atoms with E-state index in [4.69, 9.17) is 16.3 Å². The van der Waals surface area contributed by atoms with Crippen LogP contribution in [0.25, 0.3) is 0 Å². The Bertz CT molecular complexity index is 453. The minimum atomic E-state index is -0.568. The molecule has 104 valence electrons. The molecule has 1 heterocycles. The lowest BCUT2D eigenvalue weighted by molar-refractivity contribution is -0.128. The SMILES string of the molecule is O=C(COc1ccc(Cl)c(F)c1)NN1CCNCC1. The molecular formula is C12H15ClFN3O2. The Hall–Kier alpha value is -1.37. The number of amides is 1. The Labute approximate surface area is 115 Å². The van der Waals surface area contributed by atoms with Crippen molar-refractivity contribution in [3.63, 3.8) is 0 Å². The van der Waals surface area contributed by atoms with Crippen molar-refractivity contribution in [1.82, 2.24) is 15.8 Å². The molecule has 7 heteroatoms. The van der Waals surface area contributed by atoms with Gasteiger partial charge in [0.15, 0.2) is 6.61 Å². The number of hydrogen-bond acceptors (Lipinski definition) is 4. The number of nitrogens with zero attached hydrogens (tertiary/aromatic N) is 1. The lowest BCUT2D eigenvalue weighted by Crippen LogP contribution is -2.53. The Morgan fingerprint density at radius 3 is 2.89 bits per heavy atom. The molecule has 0 spiro atoms. The second-order valence-corrected chi connectivity index (χ2v) is 4.54. The summed E-state index contributed by atoms with van der Waals surface area (Å²) in [7, 11) is 0. The standard InChI is InChI=1S/C12H15ClFN3O2/c13-10-2-1-9(7-11(10)14)19-8-12(18)16-17-5-3-15-4-6-17/h1-2,7,15H,3-6,8H2,(H,16,18). The zero-order chi connectivity index (χ0) is 13.7. The second kappa shape index (κ2) is 6.70. The van der Waals surface area contributed by atoms with Gasteiger partial charge in [-0.05, 0) is 12.1 Å².